The Bertz CT molecular complexity index is 1100. The van der Waals surface area contributed by atoms with Crippen LogP contribution in [0, 0.1) is 0 Å². The molecule has 0 fully saturated rings. The van der Waals surface area contributed by atoms with Crippen LogP contribution < -0.4 is 0 Å². The SMILES string of the molecule is CCCCO/N=C(\C)c1ccn2c(-c3cccc(CC(=O)CCC(F)(F)F)c3)cnc2c1. The van der Waals surface area contributed by atoms with E-state index in [0.717, 1.165) is 41.0 Å². The van der Waals surface area contributed by atoms with Gasteiger partial charge in [0.25, 0.3) is 0 Å². The van der Waals surface area contributed by atoms with E-state index in [0.29, 0.717) is 12.2 Å². The fourth-order valence-corrected chi connectivity index (χ4v) is 3.26. The molecule has 0 N–H and O–H groups in total. The Labute approximate surface area is 184 Å². The summed E-state index contributed by atoms with van der Waals surface area (Å²) in [7, 11) is 0. The van der Waals surface area contributed by atoms with Gasteiger partial charge in [-0.1, -0.05) is 36.7 Å². The molecule has 0 aliphatic carbocycles. The smallest absolute Gasteiger partial charge is 0.389 e. The number of nitrogens with zero attached hydrogens (tertiary/aromatic N) is 3. The van der Waals surface area contributed by atoms with Crippen LogP contribution in [0.4, 0.5) is 13.2 Å². The van der Waals surface area contributed by atoms with Crippen LogP contribution in [0.2, 0.25) is 0 Å². The molecule has 0 bridgehead atoms. The van der Waals surface area contributed by atoms with Crippen molar-refractivity contribution in [2.45, 2.75) is 52.1 Å². The number of rotatable bonds is 10. The number of hydrogen-bond acceptors (Lipinski definition) is 4. The van der Waals surface area contributed by atoms with Crippen molar-refractivity contribution in [3.8, 4) is 11.3 Å². The third kappa shape index (κ3) is 6.42. The number of oxime groups is 1. The Hall–Kier alpha value is -3.16. The van der Waals surface area contributed by atoms with Crippen molar-refractivity contribution in [1.82, 2.24) is 9.38 Å². The van der Waals surface area contributed by atoms with Crippen LogP contribution >= 0.6 is 0 Å². The fraction of sp³-hybridized carbons (Fsp3) is 0.375. The zero-order valence-electron chi connectivity index (χ0n) is 18.2. The van der Waals surface area contributed by atoms with Crippen LogP contribution in [0.5, 0.6) is 0 Å². The lowest BCUT2D eigenvalue weighted by Gasteiger charge is -2.08. The molecule has 3 aromatic rings. The van der Waals surface area contributed by atoms with Crippen LogP contribution in [-0.4, -0.2) is 33.7 Å². The average molecular weight is 445 g/mol. The zero-order valence-corrected chi connectivity index (χ0v) is 18.2. The number of halogens is 3. The van der Waals surface area contributed by atoms with E-state index in [1.54, 1.807) is 18.3 Å². The number of hydrogen-bond donors (Lipinski definition) is 0. The highest BCUT2D eigenvalue weighted by molar-refractivity contribution is 5.99. The molecule has 0 aliphatic rings. The molecule has 3 rings (SSSR count). The molecule has 1 aromatic carbocycles. The topological polar surface area (TPSA) is 56.0 Å². The molecule has 0 saturated heterocycles. The molecule has 0 saturated carbocycles. The maximum atomic E-state index is 12.3. The number of carbonyl (C=O) groups is 1. The Morgan fingerprint density at radius 3 is 2.78 bits per heavy atom. The number of fused-ring (bicyclic) bond motifs is 1. The lowest BCUT2D eigenvalue weighted by molar-refractivity contribution is -0.143. The van der Waals surface area contributed by atoms with Gasteiger partial charge >= 0.3 is 6.18 Å². The van der Waals surface area contributed by atoms with Gasteiger partial charge in [0.05, 0.1) is 24.0 Å². The van der Waals surface area contributed by atoms with Gasteiger partial charge < -0.3 is 4.84 Å². The summed E-state index contributed by atoms with van der Waals surface area (Å²) < 4.78 is 39.0. The molecule has 2 heterocycles. The highest BCUT2D eigenvalue weighted by Gasteiger charge is 2.27. The van der Waals surface area contributed by atoms with Crippen LogP contribution in [-0.2, 0) is 16.1 Å². The van der Waals surface area contributed by atoms with Crippen molar-refractivity contribution in [3.05, 3.63) is 59.9 Å². The molecule has 8 heteroatoms. The maximum absolute atomic E-state index is 12.3. The quantitative estimate of drug-likeness (QED) is 0.219. The zero-order chi connectivity index (χ0) is 23.1. The van der Waals surface area contributed by atoms with E-state index in [-0.39, 0.29) is 6.42 Å². The summed E-state index contributed by atoms with van der Waals surface area (Å²) in [6.45, 7) is 4.55. The molecule has 5 nitrogen and oxygen atoms in total. The lowest BCUT2D eigenvalue weighted by Crippen LogP contribution is -2.12. The number of unbranched alkanes of at least 4 members (excludes halogenated alkanes) is 1. The monoisotopic (exact) mass is 445 g/mol. The van der Waals surface area contributed by atoms with Gasteiger partial charge in [-0.05, 0) is 37.1 Å². The summed E-state index contributed by atoms with van der Waals surface area (Å²) >= 11 is 0. The van der Waals surface area contributed by atoms with Gasteiger partial charge in [-0.15, -0.1) is 0 Å². The molecule has 170 valence electrons. The largest absolute Gasteiger partial charge is 0.396 e. The highest BCUT2D eigenvalue weighted by Crippen LogP contribution is 2.24. The summed E-state index contributed by atoms with van der Waals surface area (Å²) in [6, 6.07) is 11.1. The standard InChI is InChI=1S/C24H26F3N3O2/c1-3-4-12-32-29-17(2)19-9-11-30-22(16-28-23(30)15-19)20-7-5-6-18(13-20)14-21(31)8-10-24(25,26)27/h5-7,9,11,13,15-16H,3-4,8,10,12,14H2,1-2H3/b29-17+. The molecule has 0 unspecified atom stereocenters. The first-order valence-corrected chi connectivity index (χ1v) is 10.6. The minimum atomic E-state index is -4.32. The van der Waals surface area contributed by atoms with Crippen molar-refractivity contribution in [3.63, 3.8) is 0 Å². The molecular weight excluding hydrogens is 419 g/mol. The third-order valence-corrected chi connectivity index (χ3v) is 5.03. The van der Waals surface area contributed by atoms with E-state index < -0.39 is 24.8 Å². The normalized spacial score (nSPS) is 12.3. The van der Waals surface area contributed by atoms with Crippen LogP contribution in [0.25, 0.3) is 16.9 Å². The molecule has 0 radical (unpaired) electrons. The summed E-state index contributed by atoms with van der Waals surface area (Å²) in [4.78, 5) is 21.7. The third-order valence-electron chi connectivity index (χ3n) is 5.03. The lowest BCUT2D eigenvalue weighted by atomic mass is 10.0. The molecule has 0 atom stereocenters. The van der Waals surface area contributed by atoms with Gasteiger partial charge in [0.15, 0.2) is 0 Å². The number of benzene rings is 1. The van der Waals surface area contributed by atoms with Gasteiger partial charge in [0.1, 0.15) is 18.0 Å². The Balaban J connectivity index is 1.76. The predicted molar refractivity (Wildman–Crippen MR) is 118 cm³/mol. The van der Waals surface area contributed by atoms with Gasteiger partial charge in [-0.3, -0.25) is 9.20 Å². The number of aromatic nitrogens is 2. The van der Waals surface area contributed by atoms with Crippen molar-refractivity contribution >= 4 is 17.1 Å². The van der Waals surface area contributed by atoms with Crippen LogP contribution in [0.3, 0.4) is 0 Å². The van der Waals surface area contributed by atoms with Gasteiger partial charge in [-0.25, -0.2) is 4.98 Å². The van der Waals surface area contributed by atoms with Crippen LogP contribution in [0.1, 0.15) is 50.7 Å². The van der Waals surface area contributed by atoms with Crippen molar-refractivity contribution in [1.29, 1.82) is 0 Å². The first-order chi connectivity index (χ1) is 15.3. The minimum Gasteiger partial charge on any atom is -0.396 e. The van der Waals surface area contributed by atoms with Crippen molar-refractivity contribution in [2.75, 3.05) is 6.61 Å². The molecule has 2 aromatic heterocycles. The second-order valence-corrected chi connectivity index (χ2v) is 7.68. The van der Waals surface area contributed by atoms with Crippen molar-refractivity contribution in [2.24, 2.45) is 5.16 Å². The first kappa shape index (κ1) is 23.5. The molecule has 0 amide bonds. The number of alkyl halides is 3. The Morgan fingerprint density at radius 1 is 1.22 bits per heavy atom. The number of Topliss-reactive ketones (excluding diaryl/α,β-unsaturated/α-hetero) is 1. The van der Waals surface area contributed by atoms with Crippen LogP contribution in [0.15, 0.2) is 53.9 Å². The van der Waals surface area contributed by atoms with Gasteiger partial charge in [-0.2, -0.15) is 13.2 Å². The Kier molecular flexibility index (Phi) is 7.66. The van der Waals surface area contributed by atoms with E-state index in [9.17, 15) is 18.0 Å². The maximum Gasteiger partial charge on any atom is 0.389 e. The minimum absolute atomic E-state index is 0.0293. The van der Waals surface area contributed by atoms with Gasteiger partial charge in [0.2, 0.25) is 0 Å². The van der Waals surface area contributed by atoms with E-state index in [1.165, 1.54) is 0 Å². The highest BCUT2D eigenvalue weighted by atomic mass is 19.4. The number of carbonyl (C=O) groups excluding carboxylic acids is 1. The molecular formula is C24H26F3N3O2. The van der Waals surface area contributed by atoms with Gasteiger partial charge in [0, 0.05) is 30.2 Å². The molecule has 32 heavy (non-hydrogen) atoms. The summed E-state index contributed by atoms with van der Waals surface area (Å²) in [5.74, 6) is -0.432. The summed E-state index contributed by atoms with van der Waals surface area (Å²) in [6.07, 6.45) is -0.335. The van der Waals surface area contributed by atoms with E-state index in [1.807, 2.05) is 41.8 Å². The number of imidazole rings is 1. The van der Waals surface area contributed by atoms with E-state index in [2.05, 4.69) is 17.1 Å². The molecule has 0 aliphatic heterocycles. The number of ketones is 1. The second kappa shape index (κ2) is 10.4. The van der Waals surface area contributed by atoms with E-state index in [4.69, 9.17) is 4.84 Å². The van der Waals surface area contributed by atoms with E-state index >= 15 is 0 Å². The average Bonchev–Trinajstić information content (AvgIpc) is 3.18. The summed E-state index contributed by atoms with van der Waals surface area (Å²) in [5, 5.41) is 4.15. The molecule has 0 spiro atoms. The summed E-state index contributed by atoms with van der Waals surface area (Å²) in [5.41, 5.74) is 4.72. The Morgan fingerprint density at radius 2 is 2.03 bits per heavy atom. The number of pyridine rings is 1. The predicted octanol–water partition coefficient (Wildman–Crippen LogP) is 6.00. The fourth-order valence-electron chi connectivity index (χ4n) is 3.26. The first-order valence-electron chi connectivity index (χ1n) is 10.6. The second-order valence-electron chi connectivity index (χ2n) is 7.68. The van der Waals surface area contributed by atoms with Crippen molar-refractivity contribution < 1.29 is 22.8 Å².